The molecule has 1 rings (SSSR count). The van der Waals surface area contributed by atoms with Gasteiger partial charge in [-0.25, -0.2) is 0 Å². The Morgan fingerprint density at radius 2 is 2.00 bits per heavy atom. The maximum Gasteiger partial charge on any atom is 0.227 e. The van der Waals surface area contributed by atoms with Crippen LogP contribution in [0.4, 0.5) is 0 Å². The molecule has 0 aliphatic rings. The number of benzene rings is 1. The summed E-state index contributed by atoms with van der Waals surface area (Å²) >= 11 is 0. The summed E-state index contributed by atoms with van der Waals surface area (Å²) in [6.45, 7) is 3.81. The van der Waals surface area contributed by atoms with Gasteiger partial charge in [-0.15, -0.1) is 12.3 Å². The van der Waals surface area contributed by atoms with E-state index in [0.717, 1.165) is 5.56 Å². The molecule has 0 saturated carbocycles. The molecule has 0 spiro atoms. The van der Waals surface area contributed by atoms with Crippen molar-refractivity contribution in [1.29, 1.82) is 0 Å². The van der Waals surface area contributed by atoms with Gasteiger partial charge in [-0.1, -0.05) is 30.3 Å². The van der Waals surface area contributed by atoms with E-state index in [4.69, 9.17) is 6.42 Å². The van der Waals surface area contributed by atoms with Crippen LogP contribution in [0, 0.1) is 12.3 Å². The Morgan fingerprint density at radius 1 is 1.38 bits per heavy atom. The van der Waals surface area contributed by atoms with Crippen molar-refractivity contribution in [3.8, 4) is 12.3 Å². The van der Waals surface area contributed by atoms with Crippen LogP contribution in [0.5, 0.6) is 0 Å². The van der Waals surface area contributed by atoms with Gasteiger partial charge in [-0.2, -0.15) is 0 Å². The third kappa shape index (κ3) is 3.43. The number of carbonyl (C=O) groups is 1. The zero-order valence-electron chi connectivity index (χ0n) is 9.73. The van der Waals surface area contributed by atoms with Crippen LogP contribution >= 0.6 is 0 Å². The van der Waals surface area contributed by atoms with Crippen LogP contribution in [-0.4, -0.2) is 11.9 Å². The highest BCUT2D eigenvalue weighted by Crippen LogP contribution is 2.14. The van der Waals surface area contributed by atoms with Crippen LogP contribution in [0.3, 0.4) is 0 Å². The zero-order chi connectivity index (χ0) is 12.0. The largest absolute Gasteiger partial charge is 0.352 e. The summed E-state index contributed by atoms with van der Waals surface area (Å²) in [6.07, 6.45) is 5.75. The summed E-state index contributed by atoms with van der Waals surface area (Å²) in [4.78, 5) is 11.8. The summed E-state index contributed by atoms with van der Waals surface area (Å²) in [5, 5.41) is 2.90. The van der Waals surface area contributed by atoms with Gasteiger partial charge in [0.15, 0.2) is 0 Å². The molecule has 0 saturated heterocycles. The maximum absolute atomic E-state index is 11.8. The SMILES string of the molecule is C#CCC(C)NC(=O)C(C)c1ccccc1. The number of hydrogen-bond acceptors (Lipinski definition) is 1. The van der Waals surface area contributed by atoms with E-state index in [9.17, 15) is 4.79 Å². The van der Waals surface area contributed by atoms with E-state index in [-0.39, 0.29) is 17.9 Å². The van der Waals surface area contributed by atoms with Crippen molar-refractivity contribution < 1.29 is 4.79 Å². The van der Waals surface area contributed by atoms with Crippen molar-refractivity contribution in [1.82, 2.24) is 5.32 Å². The second-order valence-electron chi connectivity index (χ2n) is 3.95. The molecule has 2 heteroatoms. The third-order valence-corrected chi connectivity index (χ3v) is 2.51. The Bertz CT molecular complexity index is 377. The van der Waals surface area contributed by atoms with Gasteiger partial charge in [0, 0.05) is 12.5 Å². The Labute approximate surface area is 97.1 Å². The quantitative estimate of drug-likeness (QED) is 0.767. The summed E-state index contributed by atoms with van der Waals surface area (Å²) < 4.78 is 0. The molecule has 0 bridgehead atoms. The molecule has 0 aliphatic carbocycles. The zero-order valence-corrected chi connectivity index (χ0v) is 9.73. The van der Waals surface area contributed by atoms with Crippen LogP contribution in [0.25, 0.3) is 0 Å². The number of carbonyl (C=O) groups excluding carboxylic acids is 1. The van der Waals surface area contributed by atoms with E-state index < -0.39 is 0 Å². The fourth-order valence-corrected chi connectivity index (χ4v) is 1.49. The molecular formula is C14H17NO. The molecule has 0 radical (unpaired) electrons. The first-order valence-electron chi connectivity index (χ1n) is 5.44. The molecule has 0 aliphatic heterocycles. The Morgan fingerprint density at radius 3 is 2.56 bits per heavy atom. The molecule has 2 nitrogen and oxygen atoms in total. The van der Waals surface area contributed by atoms with Gasteiger partial charge in [0.05, 0.1) is 5.92 Å². The molecule has 1 aromatic rings. The number of nitrogens with one attached hydrogen (secondary N) is 1. The molecule has 1 amide bonds. The van der Waals surface area contributed by atoms with Gasteiger partial charge in [0.25, 0.3) is 0 Å². The summed E-state index contributed by atoms with van der Waals surface area (Å²) in [6, 6.07) is 9.75. The third-order valence-electron chi connectivity index (χ3n) is 2.51. The van der Waals surface area contributed by atoms with E-state index in [1.165, 1.54) is 0 Å². The van der Waals surface area contributed by atoms with Crippen molar-refractivity contribution in [2.45, 2.75) is 32.2 Å². The van der Waals surface area contributed by atoms with Gasteiger partial charge in [0.1, 0.15) is 0 Å². The highest BCUT2D eigenvalue weighted by atomic mass is 16.1. The summed E-state index contributed by atoms with van der Waals surface area (Å²) in [5.41, 5.74) is 1.02. The fourth-order valence-electron chi connectivity index (χ4n) is 1.49. The van der Waals surface area contributed by atoms with E-state index in [0.29, 0.717) is 6.42 Å². The molecule has 2 atom stereocenters. The molecule has 0 aromatic heterocycles. The molecule has 0 fully saturated rings. The summed E-state index contributed by atoms with van der Waals surface area (Å²) in [5.74, 6) is 2.42. The average Bonchev–Trinajstić information content (AvgIpc) is 2.29. The second-order valence-corrected chi connectivity index (χ2v) is 3.95. The lowest BCUT2D eigenvalue weighted by Gasteiger charge is -2.16. The Balaban J connectivity index is 2.59. The smallest absolute Gasteiger partial charge is 0.227 e. The van der Waals surface area contributed by atoms with E-state index >= 15 is 0 Å². The van der Waals surface area contributed by atoms with Crippen molar-refractivity contribution in [3.63, 3.8) is 0 Å². The second kappa shape index (κ2) is 5.97. The number of terminal acetylenes is 1. The maximum atomic E-state index is 11.8. The van der Waals surface area contributed by atoms with E-state index in [2.05, 4.69) is 11.2 Å². The van der Waals surface area contributed by atoms with E-state index in [1.54, 1.807) is 0 Å². The van der Waals surface area contributed by atoms with Crippen LogP contribution < -0.4 is 5.32 Å². The lowest BCUT2D eigenvalue weighted by Crippen LogP contribution is -2.35. The lowest BCUT2D eigenvalue weighted by atomic mass is 10.00. The number of hydrogen-bond donors (Lipinski definition) is 1. The Hall–Kier alpha value is -1.75. The average molecular weight is 215 g/mol. The molecule has 1 aromatic carbocycles. The molecule has 2 unspecified atom stereocenters. The van der Waals surface area contributed by atoms with Crippen LogP contribution in [0.1, 0.15) is 31.7 Å². The molecule has 84 valence electrons. The van der Waals surface area contributed by atoms with Gasteiger partial charge < -0.3 is 5.32 Å². The monoisotopic (exact) mass is 215 g/mol. The van der Waals surface area contributed by atoms with Crippen LogP contribution in [0.15, 0.2) is 30.3 Å². The van der Waals surface area contributed by atoms with Crippen molar-refractivity contribution >= 4 is 5.91 Å². The minimum atomic E-state index is -0.138. The topological polar surface area (TPSA) is 29.1 Å². The highest BCUT2D eigenvalue weighted by Gasteiger charge is 2.16. The number of rotatable bonds is 4. The molecule has 0 heterocycles. The van der Waals surface area contributed by atoms with Crippen LogP contribution in [0.2, 0.25) is 0 Å². The first-order chi connectivity index (χ1) is 7.65. The highest BCUT2D eigenvalue weighted by molar-refractivity contribution is 5.83. The Kier molecular flexibility index (Phi) is 4.60. The van der Waals surface area contributed by atoms with Crippen molar-refractivity contribution in [3.05, 3.63) is 35.9 Å². The van der Waals surface area contributed by atoms with Crippen LogP contribution in [-0.2, 0) is 4.79 Å². The predicted octanol–water partition coefficient (Wildman–Crippen LogP) is 2.32. The minimum Gasteiger partial charge on any atom is -0.352 e. The standard InChI is InChI=1S/C14H17NO/c1-4-8-11(2)15-14(16)12(3)13-9-6-5-7-10-13/h1,5-7,9-12H,8H2,2-3H3,(H,15,16). The van der Waals surface area contributed by atoms with Gasteiger partial charge in [0.2, 0.25) is 5.91 Å². The molecular weight excluding hydrogens is 198 g/mol. The molecule has 1 N–H and O–H groups in total. The lowest BCUT2D eigenvalue weighted by molar-refractivity contribution is -0.122. The number of amides is 1. The molecule has 16 heavy (non-hydrogen) atoms. The summed E-state index contributed by atoms with van der Waals surface area (Å²) in [7, 11) is 0. The van der Waals surface area contributed by atoms with Crippen molar-refractivity contribution in [2.24, 2.45) is 0 Å². The van der Waals surface area contributed by atoms with Gasteiger partial charge in [-0.3, -0.25) is 4.79 Å². The normalized spacial score (nSPS) is 13.6. The first kappa shape index (κ1) is 12.3. The minimum absolute atomic E-state index is 0.0222. The fraction of sp³-hybridized carbons (Fsp3) is 0.357. The first-order valence-corrected chi connectivity index (χ1v) is 5.44. The van der Waals surface area contributed by atoms with Gasteiger partial charge in [-0.05, 0) is 19.4 Å². The van der Waals surface area contributed by atoms with Gasteiger partial charge >= 0.3 is 0 Å². The van der Waals surface area contributed by atoms with E-state index in [1.807, 2.05) is 44.2 Å². The van der Waals surface area contributed by atoms with Crippen molar-refractivity contribution in [2.75, 3.05) is 0 Å². The predicted molar refractivity (Wildman–Crippen MR) is 65.9 cm³/mol.